The fourth-order valence-corrected chi connectivity index (χ4v) is 5.65. The van der Waals surface area contributed by atoms with Crippen LogP contribution in [0.3, 0.4) is 0 Å². The Bertz CT molecular complexity index is 1480. The molecule has 0 aliphatic rings. The lowest BCUT2D eigenvalue weighted by molar-refractivity contribution is -0.141. The van der Waals surface area contributed by atoms with Crippen LogP contribution < -0.4 is 9.62 Å². The Morgan fingerprint density at radius 2 is 1.59 bits per heavy atom. The van der Waals surface area contributed by atoms with E-state index in [-0.39, 0.29) is 43.9 Å². The zero-order valence-corrected chi connectivity index (χ0v) is 25.5. The molecule has 0 fully saturated rings. The lowest BCUT2D eigenvalue weighted by Crippen LogP contribution is -2.50. The molecule has 238 valence electrons. The van der Waals surface area contributed by atoms with Gasteiger partial charge in [-0.25, -0.2) is 12.8 Å². The van der Waals surface area contributed by atoms with Crippen LogP contribution in [0.25, 0.3) is 0 Å². The number of benzene rings is 3. The SMILES string of the molecule is CCCCNC(=O)[C@@H](Cc1ccccc1)N(Cc1ccc(F)cc1)C(=O)CCCN(c1cccc(C(F)(F)F)c1)S(C)(=O)=O. The fourth-order valence-electron chi connectivity index (χ4n) is 4.69. The predicted molar refractivity (Wildman–Crippen MR) is 162 cm³/mol. The molecule has 1 atom stereocenters. The number of nitrogens with one attached hydrogen (secondary N) is 1. The number of amides is 2. The number of unbranched alkanes of at least 4 members (excludes halogenated alkanes) is 1. The summed E-state index contributed by atoms with van der Waals surface area (Å²) in [6.45, 7) is 2.13. The van der Waals surface area contributed by atoms with Crippen molar-refractivity contribution in [2.75, 3.05) is 23.7 Å². The molecule has 44 heavy (non-hydrogen) atoms. The van der Waals surface area contributed by atoms with Crippen molar-refractivity contribution in [1.82, 2.24) is 10.2 Å². The maximum atomic E-state index is 13.8. The molecular weight excluding hydrogens is 598 g/mol. The molecule has 0 saturated heterocycles. The van der Waals surface area contributed by atoms with E-state index in [2.05, 4.69) is 5.32 Å². The molecular formula is C32H37F4N3O4S. The number of carbonyl (C=O) groups excluding carboxylic acids is 2. The Balaban J connectivity index is 1.88. The van der Waals surface area contributed by atoms with Gasteiger partial charge in [0.1, 0.15) is 11.9 Å². The van der Waals surface area contributed by atoms with Crippen molar-refractivity contribution < 1.29 is 35.6 Å². The molecule has 3 aromatic carbocycles. The highest BCUT2D eigenvalue weighted by molar-refractivity contribution is 7.92. The first-order valence-corrected chi connectivity index (χ1v) is 16.1. The van der Waals surface area contributed by atoms with Crippen LogP contribution in [-0.2, 0) is 38.8 Å². The summed E-state index contributed by atoms with van der Waals surface area (Å²) in [5.41, 5.74) is 0.229. The lowest BCUT2D eigenvalue weighted by atomic mass is 10.0. The van der Waals surface area contributed by atoms with Crippen LogP contribution >= 0.6 is 0 Å². The Morgan fingerprint density at radius 1 is 0.909 bits per heavy atom. The Morgan fingerprint density at radius 3 is 2.20 bits per heavy atom. The first kappa shape index (κ1) is 34.6. The molecule has 0 saturated carbocycles. The molecule has 7 nitrogen and oxygen atoms in total. The van der Waals surface area contributed by atoms with Crippen LogP contribution in [0, 0.1) is 5.82 Å². The van der Waals surface area contributed by atoms with Gasteiger partial charge in [-0.05, 0) is 54.3 Å². The second-order valence-electron chi connectivity index (χ2n) is 10.5. The Kier molecular flexibility index (Phi) is 12.3. The number of sulfonamides is 1. The van der Waals surface area contributed by atoms with Crippen molar-refractivity contribution in [2.24, 2.45) is 0 Å². The van der Waals surface area contributed by atoms with Gasteiger partial charge >= 0.3 is 6.18 Å². The van der Waals surface area contributed by atoms with Crippen LogP contribution in [-0.4, -0.2) is 50.5 Å². The number of rotatable bonds is 15. The number of halogens is 4. The van der Waals surface area contributed by atoms with Crippen molar-refractivity contribution >= 4 is 27.5 Å². The molecule has 12 heteroatoms. The highest BCUT2D eigenvalue weighted by Crippen LogP contribution is 2.32. The molecule has 0 heterocycles. The molecule has 0 bridgehead atoms. The van der Waals surface area contributed by atoms with E-state index in [1.54, 1.807) is 0 Å². The molecule has 0 aliphatic heterocycles. The monoisotopic (exact) mass is 635 g/mol. The highest BCUT2D eigenvalue weighted by Gasteiger charge is 2.32. The van der Waals surface area contributed by atoms with Gasteiger partial charge in [-0.15, -0.1) is 0 Å². The third-order valence-corrected chi connectivity index (χ3v) is 8.17. The summed E-state index contributed by atoms with van der Waals surface area (Å²) in [5.74, 6) is -1.28. The van der Waals surface area contributed by atoms with Gasteiger partial charge in [0.25, 0.3) is 0 Å². The smallest absolute Gasteiger partial charge is 0.354 e. The van der Waals surface area contributed by atoms with Crippen molar-refractivity contribution in [3.05, 3.63) is 101 Å². The summed E-state index contributed by atoms with van der Waals surface area (Å²) >= 11 is 0. The minimum Gasteiger partial charge on any atom is -0.354 e. The largest absolute Gasteiger partial charge is 0.416 e. The summed E-state index contributed by atoms with van der Waals surface area (Å²) in [4.78, 5) is 28.7. The third-order valence-electron chi connectivity index (χ3n) is 6.98. The van der Waals surface area contributed by atoms with Crippen LogP contribution in [0.4, 0.5) is 23.2 Å². The fraction of sp³-hybridized carbons (Fsp3) is 0.375. The van der Waals surface area contributed by atoms with Gasteiger partial charge in [0.05, 0.1) is 17.5 Å². The Hall–Kier alpha value is -3.93. The van der Waals surface area contributed by atoms with Gasteiger partial charge in [-0.2, -0.15) is 13.2 Å². The number of alkyl halides is 3. The van der Waals surface area contributed by atoms with Crippen molar-refractivity contribution in [2.45, 2.75) is 57.8 Å². The molecule has 3 rings (SSSR count). The van der Waals surface area contributed by atoms with Gasteiger partial charge in [0, 0.05) is 32.5 Å². The number of anilines is 1. The van der Waals surface area contributed by atoms with Crippen molar-refractivity contribution in [1.29, 1.82) is 0 Å². The molecule has 2 amide bonds. The van der Waals surface area contributed by atoms with E-state index in [1.165, 1.54) is 35.2 Å². The first-order chi connectivity index (χ1) is 20.8. The molecule has 0 aliphatic carbocycles. The number of hydrogen-bond acceptors (Lipinski definition) is 4. The van der Waals surface area contributed by atoms with E-state index in [1.807, 2.05) is 37.3 Å². The summed E-state index contributed by atoms with van der Waals surface area (Å²) in [7, 11) is -3.99. The normalized spacial score (nSPS) is 12.4. The lowest BCUT2D eigenvalue weighted by Gasteiger charge is -2.32. The van der Waals surface area contributed by atoms with Crippen LogP contribution in [0.2, 0.25) is 0 Å². The van der Waals surface area contributed by atoms with Gasteiger partial charge < -0.3 is 10.2 Å². The number of carbonyl (C=O) groups is 2. The second-order valence-corrected chi connectivity index (χ2v) is 12.4. The van der Waals surface area contributed by atoms with E-state index < -0.39 is 39.5 Å². The molecule has 0 radical (unpaired) electrons. The van der Waals surface area contributed by atoms with Gasteiger partial charge in [0.15, 0.2) is 0 Å². The van der Waals surface area contributed by atoms with Crippen molar-refractivity contribution in [3.63, 3.8) is 0 Å². The topological polar surface area (TPSA) is 86.8 Å². The highest BCUT2D eigenvalue weighted by atomic mass is 32.2. The predicted octanol–water partition coefficient (Wildman–Crippen LogP) is 5.95. The average Bonchev–Trinajstić information content (AvgIpc) is 2.97. The average molecular weight is 636 g/mol. The quantitative estimate of drug-likeness (QED) is 0.165. The molecule has 3 aromatic rings. The Labute approximate surface area is 255 Å². The standard InChI is InChI=1S/C32H37F4N3O4S/c1-3-4-19-37-31(41)29(21-24-10-6-5-7-11-24)38(23-25-15-17-27(33)18-16-25)30(40)14-9-20-39(44(2,42)43)28-13-8-12-26(22-28)32(34,35)36/h5-8,10-13,15-18,22,29H,3-4,9,14,19-21,23H2,1-2H3,(H,37,41)/t29-/m1/s1. The second kappa shape index (κ2) is 15.7. The zero-order valence-electron chi connectivity index (χ0n) is 24.7. The maximum Gasteiger partial charge on any atom is 0.416 e. The van der Waals surface area contributed by atoms with E-state index in [0.717, 1.165) is 47.2 Å². The molecule has 1 N–H and O–H groups in total. The van der Waals surface area contributed by atoms with Gasteiger partial charge in [0.2, 0.25) is 21.8 Å². The third kappa shape index (κ3) is 10.4. The van der Waals surface area contributed by atoms with Crippen molar-refractivity contribution in [3.8, 4) is 0 Å². The van der Waals surface area contributed by atoms with E-state index in [0.29, 0.717) is 12.1 Å². The minimum atomic E-state index is -4.67. The minimum absolute atomic E-state index is 0.0127. The van der Waals surface area contributed by atoms with Gasteiger partial charge in [-0.1, -0.05) is 61.9 Å². The number of nitrogens with zero attached hydrogens (tertiary/aromatic N) is 2. The van der Waals surface area contributed by atoms with E-state index in [4.69, 9.17) is 0 Å². The summed E-state index contributed by atoms with van der Waals surface area (Å²) in [6.07, 6.45) is -2.21. The summed E-state index contributed by atoms with van der Waals surface area (Å²) < 4.78 is 79.5. The summed E-state index contributed by atoms with van der Waals surface area (Å²) in [6, 6.07) is 17.7. The zero-order chi connectivity index (χ0) is 32.3. The van der Waals surface area contributed by atoms with Crippen LogP contribution in [0.1, 0.15) is 49.3 Å². The maximum absolute atomic E-state index is 13.8. The van der Waals surface area contributed by atoms with Gasteiger partial charge in [-0.3, -0.25) is 13.9 Å². The first-order valence-electron chi connectivity index (χ1n) is 14.3. The number of hydrogen-bond donors (Lipinski definition) is 1. The van der Waals surface area contributed by atoms with E-state index >= 15 is 0 Å². The molecule has 0 unspecified atom stereocenters. The van der Waals surface area contributed by atoms with Crippen LogP contribution in [0.15, 0.2) is 78.9 Å². The molecule has 0 spiro atoms. The summed E-state index contributed by atoms with van der Waals surface area (Å²) in [5, 5.41) is 2.90. The van der Waals surface area contributed by atoms with E-state index in [9.17, 15) is 35.6 Å². The van der Waals surface area contributed by atoms with Crippen LogP contribution in [0.5, 0.6) is 0 Å². The molecule has 0 aromatic heterocycles.